The highest BCUT2D eigenvalue weighted by atomic mass is 19.1. The number of carbonyl (C=O) groups excluding carboxylic acids is 1. The molecule has 1 amide bonds. The molecule has 142 valence electrons. The van der Waals surface area contributed by atoms with Crippen LogP contribution in [0.4, 0.5) is 10.1 Å². The van der Waals surface area contributed by atoms with Crippen LogP contribution in [0.2, 0.25) is 0 Å². The van der Waals surface area contributed by atoms with E-state index in [1.165, 1.54) is 12.1 Å². The van der Waals surface area contributed by atoms with Gasteiger partial charge in [0.25, 0.3) is 0 Å². The van der Waals surface area contributed by atoms with E-state index in [9.17, 15) is 9.18 Å². The van der Waals surface area contributed by atoms with Crippen molar-refractivity contribution in [1.82, 2.24) is 4.90 Å². The second-order valence-corrected chi connectivity index (χ2v) is 6.54. The summed E-state index contributed by atoms with van der Waals surface area (Å²) in [5, 5.41) is 0. The van der Waals surface area contributed by atoms with Gasteiger partial charge in [-0.15, -0.1) is 0 Å². The molecule has 0 saturated carbocycles. The second-order valence-electron chi connectivity index (χ2n) is 6.54. The van der Waals surface area contributed by atoms with Crippen LogP contribution in [-0.4, -0.2) is 43.6 Å². The fourth-order valence-corrected chi connectivity index (χ4v) is 3.00. The quantitative estimate of drug-likeness (QED) is 0.723. The van der Waals surface area contributed by atoms with Crippen LogP contribution in [0.1, 0.15) is 18.9 Å². The number of ether oxygens (including phenoxy) is 1. The lowest BCUT2D eigenvalue weighted by Crippen LogP contribution is -2.48. The molecule has 0 spiro atoms. The number of hydrogen-bond donors (Lipinski definition) is 0. The number of hydrogen-bond acceptors (Lipinski definition) is 3. The number of anilines is 1. The summed E-state index contributed by atoms with van der Waals surface area (Å²) in [6.07, 6.45) is 4.43. The Kier molecular flexibility index (Phi) is 6.47. The molecule has 1 aliphatic rings. The summed E-state index contributed by atoms with van der Waals surface area (Å²) >= 11 is 0. The number of piperazine rings is 1. The van der Waals surface area contributed by atoms with Gasteiger partial charge < -0.3 is 14.5 Å². The maximum Gasteiger partial charge on any atom is 0.246 e. The summed E-state index contributed by atoms with van der Waals surface area (Å²) in [6, 6.07) is 14.2. The van der Waals surface area contributed by atoms with Crippen molar-refractivity contribution in [2.45, 2.75) is 13.3 Å². The van der Waals surface area contributed by atoms with Crippen LogP contribution >= 0.6 is 0 Å². The molecule has 2 aromatic rings. The Bertz CT molecular complexity index is 764. The van der Waals surface area contributed by atoms with Gasteiger partial charge in [-0.1, -0.05) is 19.1 Å². The van der Waals surface area contributed by atoms with Crippen molar-refractivity contribution in [2.24, 2.45) is 0 Å². The summed E-state index contributed by atoms with van der Waals surface area (Å²) in [4.78, 5) is 16.4. The molecule has 0 aromatic heterocycles. The average molecular weight is 368 g/mol. The van der Waals surface area contributed by atoms with E-state index >= 15 is 0 Å². The van der Waals surface area contributed by atoms with Crippen molar-refractivity contribution in [3.63, 3.8) is 0 Å². The van der Waals surface area contributed by atoms with Gasteiger partial charge in [-0.3, -0.25) is 4.79 Å². The summed E-state index contributed by atoms with van der Waals surface area (Å²) in [7, 11) is 0. The largest absolute Gasteiger partial charge is 0.494 e. The van der Waals surface area contributed by atoms with Crippen LogP contribution in [0.3, 0.4) is 0 Å². The van der Waals surface area contributed by atoms with Gasteiger partial charge in [0.15, 0.2) is 0 Å². The average Bonchev–Trinajstić information content (AvgIpc) is 2.72. The van der Waals surface area contributed by atoms with Crippen molar-refractivity contribution in [3.05, 3.63) is 66.0 Å². The fourth-order valence-electron chi connectivity index (χ4n) is 3.00. The van der Waals surface area contributed by atoms with Crippen LogP contribution in [0.5, 0.6) is 5.75 Å². The normalized spacial score (nSPS) is 14.6. The zero-order valence-corrected chi connectivity index (χ0v) is 15.6. The molecule has 0 atom stereocenters. The summed E-state index contributed by atoms with van der Waals surface area (Å²) in [6.45, 7) is 5.58. The van der Waals surface area contributed by atoms with Crippen LogP contribution < -0.4 is 9.64 Å². The number of nitrogens with zero attached hydrogens (tertiary/aromatic N) is 2. The topological polar surface area (TPSA) is 32.8 Å². The Hall–Kier alpha value is -2.82. The van der Waals surface area contributed by atoms with E-state index in [1.54, 1.807) is 18.2 Å². The van der Waals surface area contributed by atoms with Gasteiger partial charge in [0.1, 0.15) is 11.6 Å². The number of halogens is 1. The SMILES string of the molecule is CCCOc1ccc(/C=C/C(=O)N2CCN(c3ccc(F)cc3)CC2)cc1. The van der Waals surface area contributed by atoms with E-state index in [0.29, 0.717) is 19.7 Å². The molecule has 1 saturated heterocycles. The van der Waals surface area contributed by atoms with Gasteiger partial charge in [-0.05, 0) is 54.5 Å². The first-order chi connectivity index (χ1) is 13.2. The maximum atomic E-state index is 13.0. The maximum absolute atomic E-state index is 13.0. The van der Waals surface area contributed by atoms with Crippen molar-refractivity contribution in [1.29, 1.82) is 0 Å². The lowest BCUT2D eigenvalue weighted by Gasteiger charge is -2.35. The van der Waals surface area contributed by atoms with Crippen molar-refractivity contribution in [2.75, 3.05) is 37.7 Å². The van der Waals surface area contributed by atoms with E-state index in [1.807, 2.05) is 35.2 Å². The summed E-state index contributed by atoms with van der Waals surface area (Å²) < 4.78 is 18.6. The molecule has 0 bridgehead atoms. The highest BCUT2D eigenvalue weighted by Gasteiger charge is 2.19. The highest BCUT2D eigenvalue weighted by molar-refractivity contribution is 5.92. The third kappa shape index (κ3) is 5.33. The third-order valence-corrected chi connectivity index (χ3v) is 4.55. The zero-order chi connectivity index (χ0) is 19.1. The Morgan fingerprint density at radius 2 is 1.70 bits per heavy atom. The number of benzene rings is 2. The van der Waals surface area contributed by atoms with Gasteiger partial charge in [0, 0.05) is 37.9 Å². The van der Waals surface area contributed by atoms with E-state index in [-0.39, 0.29) is 11.7 Å². The molecule has 2 aromatic carbocycles. The molecule has 27 heavy (non-hydrogen) atoms. The van der Waals surface area contributed by atoms with E-state index in [2.05, 4.69) is 11.8 Å². The molecular formula is C22H25FN2O2. The van der Waals surface area contributed by atoms with Crippen molar-refractivity contribution >= 4 is 17.7 Å². The molecular weight excluding hydrogens is 343 g/mol. The molecule has 1 fully saturated rings. The summed E-state index contributed by atoms with van der Waals surface area (Å²) in [5.41, 5.74) is 1.96. The van der Waals surface area contributed by atoms with Gasteiger partial charge in [-0.25, -0.2) is 4.39 Å². The molecule has 5 heteroatoms. The van der Waals surface area contributed by atoms with Crippen LogP contribution in [-0.2, 0) is 4.79 Å². The van der Waals surface area contributed by atoms with Crippen LogP contribution in [0, 0.1) is 5.82 Å². The minimum absolute atomic E-state index is 0.0139. The molecule has 0 radical (unpaired) electrons. The predicted molar refractivity (Wildman–Crippen MR) is 106 cm³/mol. The van der Waals surface area contributed by atoms with Crippen molar-refractivity contribution < 1.29 is 13.9 Å². The first-order valence-electron chi connectivity index (χ1n) is 9.36. The highest BCUT2D eigenvalue weighted by Crippen LogP contribution is 2.17. The Balaban J connectivity index is 1.50. The smallest absolute Gasteiger partial charge is 0.246 e. The lowest BCUT2D eigenvalue weighted by molar-refractivity contribution is -0.126. The standard InChI is InChI=1S/C22H25FN2O2/c1-2-17-27-21-10-3-18(4-11-21)5-12-22(26)25-15-13-24(14-16-25)20-8-6-19(23)7-9-20/h3-12H,2,13-17H2,1H3/b12-5+. The minimum Gasteiger partial charge on any atom is -0.494 e. The van der Waals surface area contributed by atoms with Gasteiger partial charge >= 0.3 is 0 Å². The van der Waals surface area contributed by atoms with E-state index in [0.717, 1.165) is 36.5 Å². The fraction of sp³-hybridized carbons (Fsp3) is 0.318. The van der Waals surface area contributed by atoms with Gasteiger partial charge in [0.2, 0.25) is 5.91 Å². The van der Waals surface area contributed by atoms with Crippen molar-refractivity contribution in [3.8, 4) is 5.75 Å². The molecule has 1 aliphatic heterocycles. The van der Waals surface area contributed by atoms with Crippen LogP contribution in [0.25, 0.3) is 6.08 Å². The molecule has 4 nitrogen and oxygen atoms in total. The van der Waals surface area contributed by atoms with Gasteiger partial charge in [-0.2, -0.15) is 0 Å². The van der Waals surface area contributed by atoms with Gasteiger partial charge in [0.05, 0.1) is 6.61 Å². The Morgan fingerprint density at radius 3 is 2.33 bits per heavy atom. The second kappa shape index (κ2) is 9.21. The molecule has 3 rings (SSSR count). The Labute approximate surface area is 159 Å². The zero-order valence-electron chi connectivity index (χ0n) is 15.6. The predicted octanol–water partition coefficient (Wildman–Crippen LogP) is 3.98. The molecule has 1 heterocycles. The molecule has 0 unspecified atom stereocenters. The third-order valence-electron chi connectivity index (χ3n) is 4.55. The number of rotatable bonds is 6. The number of carbonyl (C=O) groups is 1. The lowest BCUT2D eigenvalue weighted by atomic mass is 10.2. The van der Waals surface area contributed by atoms with E-state index in [4.69, 9.17) is 4.74 Å². The first-order valence-corrected chi connectivity index (χ1v) is 9.36. The Morgan fingerprint density at radius 1 is 1.04 bits per heavy atom. The minimum atomic E-state index is -0.234. The van der Waals surface area contributed by atoms with E-state index < -0.39 is 0 Å². The first kappa shape index (κ1) is 19.0. The van der Waals surface area contributed by atoms with Crippen LogP contribution in [0.15, 0.2) is 54.6 Å². The summed E-state index contributed by atoms with van der Waals surface area (Å²) in [5.74, 6) is 0.625. The monoisotopic (exact) mass is 368 g/mol. The molecule has 0 N–H and O–H groups in total. The number of amides is 1. The molecule has 0 aliphatic carbocycles.